The largest absolute Gasteiger partial charge is 0.467 e. The topological polar surface area (TPSA) is 108 Å². The number of carbonyl (C=O) groups excluding carboxylic acids is 2. The van der Waals surface area contributed by atoms with Gasteiger partial charge in [0, 0.05) is 67.2 Å². The fourth-order valence-electron chi connectivity index (χ4n) is 5.60. The second-order valence-electron chi connectivity index (χ2n) is 9.96. The van der Waals surface area contributed by atoms with Gasteiger partial charge in [0.25, 0.3) is 11.6 Å². The molecule has 194 valence electrons. The number of piperazine rings is 1. The SMILES string of the molecule is CC12CC(NC(=O)N1c1ccc(C(=O)N3CCN(c4ccc([N+](=O)[O-])cc4)CC3)cc1)c1ccccc1O2. The Morgan fingerprint density at radius 1 is 0.974 bits per heavy atom. The highest BCUT2D eigenvalue weighted by Gasteiger charge is 2.49. The van der Waals surface area contributed by atoms with Crippen molar-refractivity contribution in [2.45, 2.75) is 25.1 Å². The highest BCUT2D eigenvalue weighted by atomic mass is 16.6. The molecule has 0 spiro atoms. The molecule has 0 aromatic heterocycles. The zero-order chi connectivity index (χ0) is 26.4. The predicted molar refractivity (Wildman–Crippen MR) is 141 cm³/mol. The summed E-state index contributed by atoms with van der Waals surface area (Å²) >= 11 is 0. The molecule has 2 saturated heterocycles. The second kappa shape index (κ2) is 9.05. The number of anilines is 2. The lowest BCUT2D eigenvalue weighted by Crippen LogP contribution is -2.65. The van der Waals surface area contributed by atoms with Gasteiger partial charge in [-0.1, -0.05) is 18.2 Å². The van der Waals surface area contributed by atoms with Gasteiger partial charge in [0.1, 0.15) is 5.75 Å². The molecule has 3 heterocycles. The zero-order valence-corrected chi connectivity index (χ0v) is 20.9. The lowest BCUT2D eigenvalue weighted by Gasteiger charge is -2.50. The standard InChI is InChI=1S/C28H27N5O5/c1-28-18-24(23-4-2-3-5-25(23)38-28)29-27(35)32(28)21-8-6-19(7-9-21)26(34)31-16-14-30(15-17-31)20-10-12-22(13-11-20)33(36)37/h2-13,24H,14-18H2,1H3,(H,29,35). The van der Waals surface area contributed by atoms with Crippen molar-refractivity contribution < 1.29 is 19.2 Å². The maximum absolute atomic E-state index is 13.2. The minimum atomic E-state index is -0.846. The van der Waals surface area contributed by atoms with E-state index in [1.807, 2.05) is 31.2 Å². The van der Waals surface area contributed by atoms with Gasteiger partial charge < -0.3 is 19.9 Å². The fourth-order valence-corrected chi connectivity index (χ4v) is 5.60. The summed E-state index contributed by atoms with van der Waals surface area (Å²) in [5.41, 5.74) is 2.29. The lowest BCUT2D eigenvalue weighted by molar-refractivity contribution is -0.384. The van der Waals surface area contributed by atoms with Gasteiger partial charge in [0.2, 0.25) is 0 Å². The van der Waals surface area contributed by atoms with Gasteiger partial charge >= 0.3 is 6.03 Å². The second-order valence-corrected chi connectivity index (χ2v) is 9.96. The summed E-state index contributed by atoms with van der Waals surface area (Å²) in [6.45, 7) is 4.26. The van der Waals surface area contributed by atoms with Crippen molar-refractivity contribution >= 4 is 29.0 Å². The number of nitro benzene ring substituents is 1. The van der Waals surface area contributed by atoms with Crippen molar-refractivity contribution in [3.8, 4) is 5.75 Å². The van der Waals surface area contributed by atoms with Crippen molar-refractivity contribution in [3.05, 3.63) is 94.0 Å². The normalized spacial score (nSPS) is 22.3. The van der Waals surface area contributed by atoms with Crippen LogP contribution in [0.2, 0.25) is 0 Å². The van der Waals surface area contributed by atoms with E-state index in [0.29, 0.717) is 43.9 Å². The number of hydrogen-bond donors (Lipinski definition) is 1. The fraction of sp³-hybridized carbons (Fsp3) is 0.286. The Morgan fingerprint density at radius 2 is 1.63 bits per heavy atom. The first kappa shape index (κ1) is 23.8. The molecule has 3 aromatic rings. The van der Waals surface area contributed by atoms with Gasteiger partial charge in [-0.05, 0) is 49.4 Å². The first-order valence-corrected chi connectivity index (χ1v) is 12.6. The molecule has 3 aliphatic rings. The molecule has 2 bridgehead atoms. The van der Waals surface area contributed by atoms with Gasteiger partial charge in [-0.3, -0.25) is 19.8 Å². The van der Waals surface area contributed by atoms with Crippen LogP contribution in [0.4, 0.5) is 21.9 Å². The maximum atomic E-state index is 13.2. The summed E-state index contributed by atoms with van der Waals surface area (Å²) in [6, 6.07) is 20.9. The molecule has 0 radical (unpaired) electrons. The Hall–Kier alpha value is -4.60. The predicted octanol–water partition coefficient (Wildman–Crippen LogP) is 4.33. The molecular weight excluding hydrogens is 486 g/mol. The molecule has 0 aliphatic carbocycles. The number of urea groups is 1. The third-order valence-corrected chi connectivity index (χ3v) is 7.55. The Bertz CT molecular complexity index is 1400. The van der Waals surface area contributed by atoms with E-state index in [2.05, 4.69) is 10.2 Å². The van der Waals surface area contributed by atoms with Crippen LogP contribution in [0.5, 0.6) is 5.75 Å². The summed E-state index contributed by atoms with van der Waals surface area (Å²) < 4.78 is 6.32. The quantitative estimate of drug-likeness (QED) is 0.411. The number of para-hydroxylation sites is 1. The van der Waals surface area contributed by atoms with Crippen LogP contribution in [0.15, 0.2) is 72.8 Å². The Balaban J connectivity index is 1.13. The van der Waals surface area contributed by atoms with E-state index in [1.165, 1.54) is 12.1 Å². The Morgan fingerprint density at radius 3 is 2.32 bits per heavy atom. The van der Waals surface area contributed by atoms with Crippen LogP contribution in [0.3, 0.4) is 0 Å². The minimum absolute atomic E-state index is 0.0571. The number of nitro groups is 1. The van der Waals surface area contributed by atoms with Crippen molar-refractivity contribution in [3.63, 3.8) is 0 Å². The van der Waals surface area contributed by atoms with Crippen molar-refractivity contribution in [2.24, 2.45) is 0 Å². The molecule has 3 aromatic carbocycles. The van der Waals surface area contributed by atoms with Crippen LogP contribution in [0, 0.1) is 10.1 Å². The van der Waals surface area contributed by atoms with Gasteiger partial charge in [0.15, 0.2) is 5.72 Å². The van der Waals surface area contributed by atoms with E-state index in [1.54, 1.807) is 46.2 Å². The number of fused-ring (bicyclic) bond motifs is 4. The molecule has 3 amide bonds. The lowest BCUT2D eigenvalue weighted by atomic mass is 9.90. The summed E-state index contributed by atoms with van der Waals surface area (Å²) in [5, 5.41) is 14.0. The Labute approximate surface area is 219 Å². The number of amides is 3. The van der Waals surface area contributed by atoms with Gasteiger partial charge in [0.05, 0.1) is 11.0 Å². The molecule has 2 unspecified atom stereocenters. The van der Waals surface area contributed by atoms with Crippen molar-refractivity contribution in [2.75, 3.05) is 36.0 Å². The molecule has 38 heavy (non-hydrogen) atoms. The summed E-state index contributed by atoms with van der Waals surface area (Å²) in [6.07, 6.45) is 0.607. The summed E-state index contributed by atoms with van der Waals surface area (Å²) in [7, 11) is 0. The zero-order valence-electron chi connectivity index (χ0n) is 20.9. The summed E-state index contributed by atoms with van der Waals surface area (Å²) in [4.78, 5) is 42.3. The van der Waals surface area contributed by atoms with Gasteiger partial charge in [-0.15, -0.1) is 0 Å². The monoisotopic (exact) mass is 513 g/mol. The molecule has 3 aliphatic heterocycles. The number of nitrogens with one attached hydrogen (secondary N) is 1. The molecule has 1 N–H and O–H groups in total. The molecular formula is C28H27N5O5. The number of carbonyl (C=O) groups is 2. The third kappa shape index (κ3) is 4.07. The van der Waals surface area contributed by atoms with Gasteiger partial charge in [-0.2, -0.15) is 0 Å². The van der Waals surface area contributed by atoms with Crippen LogP contribution < -0.4 is 19.9 Å². The number of ether oxygens (including phenoxy) is 1. The summed E-state index contributed by atoms with van der Waals surface area (Å²) in [5.74, 6) is 0.688. The number of hydrogen-bond acceptors (Lipinski definition) is 6. The van der Waals surface area contributed by atoms with Crippen LogP contribution in [0.1, 0.15) is 35.3 Å². The average Bonchev–Trinajstić information content (AvgIpc) is 2.93. The highest BCUT2D eigenvalue weighted by Crippen LogP contribution is 2.45. The van der Waals surface area contributed by atoms with E-state index in [-0.39, 0.29) is 23.7 Å². The Kier molecular flexibility index (Phi) is 5.67. The number of non-ortho nitro benzene ring substituents is 1. The van der Waals surface area contributed by atoms with E-state index in [0.717, 1.165) is 17.0 Å². The minimum Gasteiger partial charge on any atom is -0.467 e. The molecule has 10 heteroatoms. The smallest absolute Gasteiger partial charge is 0.325 e. The van der Waals surface area contributed by atoms with Crippen LogP contribution in [0.25, 0.3) is 0 Å². The molecule has 2 fully saturated rings. The molecule has 6 rings (SSSR count). The van der Waals surface area contributed by atoms with Crippen LogP contribution in [-0.2, 0) is 0 Å². The highest BCUT2D eigenvalue weighted by molar-refractivity contribution is 5.97. The first-order chi connectivity index (χ1) is 18.3. The van der Waals surface area contributed by atoms with E-state index >= 15 is 0 Å². The molecule has 0 saturated carbocycles. The van der Waals surface area contributed by atoms with Crippen molar-refractivity contribution in [1.29, 1.82) is 0 Å². The van der Waals surface area contributed by atoms with Gasteiger partial charge in [-0.25, -0.2) is 4.79 Å². The molecule has 2 atom stereocenters. The van der Waals surface area contributed by atoms with Crippen molar-refractivity contribution in [1.82, 2.24) is 10.2 Å². The number of nitrogens with zero attached hydrogens (tertiary/aromatic N) is 4. The van der Waals surface area contributed by atoms with E-state index in [9.17, 15) is 19.7 Å². The van der Waals surface area contributed by atoms with E-state index < -0.39 is 10.6 Å². The van der Waals surface area contributed by atoms with Crippen LogP contribution >= 0.6 is 0 Å². The van der Waals surface area contributed by atoms with E-state index in [4.69, 9.17) is 4.74 Å². The number of benzene rings is 3. The number of rotatable bonds is 4. The maximum Gasteiger partial charge on any atom is 0.325 e. The third-order valence-electron chi connectivity index (χ3n) is 7.55. The van der Waals surface area contributed by atoms with Crippen LogP contribution in [-0.4, -0.2) is 53.7 Å². The molecule has 10 nitrogen and oxygen atoms in total. The average molecular weight is 514 g/mol. The first-order valence-electron chi connectivity index (χ1n) is 12.6.